The first kappa shape index (κ1) is 23.6. The van der Waals surface area contributed by atoms with E-state index in [4.69, 9.17) is 32.7 Å². The molecule has 0 bridgehead atoms. The Balaban J connectivity index is 2.01. The van der Waals surface area contributed by atoms with Crippen LogP contribution in [0.15, 0.2) is 66.2 Å². The molecule has 6 nitrogen and oxygen atoms in total. The van der Waals surface area contributed by atoms with E-state index in [1.807, 2.05) is 0 Å². The van der Waals surface area contributed by atoms with Gasteiger partial charge in [0.25, 0.3) is 11.7 Å². The predicted octanol–water partition coefficient (Wildman–Crippen LogP) is 5.78. The van der Waals surface area contributed by atoms with Crippen molar-refractivity contribution >= 4 is 46.3 Å². The molecule has 4 rings (SSSR count). The van der Waals surface area contributed by atoms with Crippen LogP contribution in [0.25, 0.3) is 5.76 Å². The van der Waals surface area contributed by atoms with Gasteiger partial charge in [-0.3, -0.25) is 14.5 Å². The molecular formula is C25H18Cl2FNO5. The second-order valence-electron chi connectivity index (χ2n) is 7.35. The summed E-state index contributed by atoms with van der Waals surface area (Å²) >= 11 is 12.1. The van der Waals surface area contributed by atoms with E-state index in [1.165, 1.54) is 56.7 Å². The Bertz CT molecular complexity index is 1320. The van der Waals surface area contributed by atoms with Crippen LogP contribution in [-0.2, 0) is 9.59 Å². The second kappa shape index (κ2) is 9.37. The van der Waals surface area contributed by atoms with Crippen LogP contribution in [0.3, 0.4) is 0 Å². The number of anilines is 1. The number of rotatable bonds is 5. The van der Waals surface area contributed by atoms with Crippen LogP contribution in [0.4, 0.5) is 10.1 Å². The maximum Gasteiger partial charge on any atom is 0.300 e. The van der Waals surface area contributed by atoms with Crippen molar-refractivity contribution in [3.63, 3.8) is 0 Å². The van der Waals surface area contributed by atoms with Crippen molar-refractivity contribution < 1.29 is 28.6 Å². The van der Waals surface area contributed by atoms with Crippen LogP contribution in [0, 0.1) is 5.82 Å². The number of Topliss-reactive ketones (excluding diaryl/α,β-unsaturated/α-hetero) is 1. The number of nitrogens with zero attached hydrogens (tertiary/aromatic N) is 1. The van der Waals surface area contributed by atoms with E-state index in [0.29, 0.717) is 10.7 Å². The Morgan fingerprint density at radius 1 is 0.971 bits per heavy atom. The van der Waals surface area contributed by atoms with Crippen LogP contribution in [0.5, 0.6) is 11.5 Å². The van der Waals surface area contributed by atoms with Gasteiger partial charge < -0.3 is 14.6 Å². The number of benzene rings is 3. The number of carbonyl (C=O) groups is 2. The molecule has 3 aromatic carbocycles. The average Bonchev–Trinajstić information content (AvgIpc) is 3.09. The smallest absolute Gasteiger partial charge is 0.300 e. The maximum absolute atomic E-state index is 15.0. The highest BCUT2D eigenvalue weighted by Crippen LogP contribution is 2.45. The van der Waals surface area contributed by atoms with Gasteiger partial charge in [-0.25, -0.2) is 4.39 Å². The molecule has 0 radical (unpaired) electrons. The average molecular weight is 502 g/mol. The van der Waals surface area contributed by atoms with Crippen molar-refractivity contribution in [3.8, 4) is 11.5 Å². The topological polar surface area (TPSA) is 76.1 Å². The van der Waals surface area contributed by atoms with Gasteiger partial charge in [-0.15, -0.1) is 0 Å². The number of ether oxygens (including phenoxy) is 2. The number of ketones is 1. The minimum absolute atomic E-state index is 0.0260. The molecule has 1 fully saturated rings. The van der Waals surface area contributed by atoms with Crippen molar-refractivity contribution in [3.05, 3.63) is 93.2 Å². The van der Waals surface area contributed by atoms with Gasteiger partial charge in [0.05, 0.1) is 36.4 Å². The molecule has 174 valence electrons. The fraction of sp³-hybridized carbons (Fsp3) is 0.120. The maximum atomic E-state index is 15.0. The van der Waals surface area contributed by atoms with E-state index >= 15 is 0 Å². The standard InChI is InChI=1S/C25H18Cl2FNO5/c1-33-19-12-17(27)20(34-2)11-16(19)23(30)21-22(15-5-3-4-6-18(15)28)29(25(32)24(21)31)14-9-7-13(26)8-10-14/h3-12,22,30H,1-2H3/b23-21+. The summed E-state index contributed by atoms with van der Waals surface area (Å²) in [6, 6.07) is 13.4. The molecule has 1 aliphatic heterocycles. The van der Waals surface area contributed by atoms with Crippen molar-refractivity contribution in [1.29, 1.82) is 0 Å². The predicted molar refractivity (Wildman–Crippen MR) is 127 cm³/mol. The number of aliphatic hydroxyl groups is 1. The van der Waals surface area contributed by atoms with Gasteiger partial charge in [-0.1, -0.05) is 41.4 Å². The highest BCUT2D eigenvalue weighted by atomic mass is 35.5. The fourth-order valence-corrected chi connectivity index (χ4v) is 4.24. The minimum atomic E-state index is -1.26. The summed E-state index contributed by atoms with van der Waals surface area (Å²) in [6.45, 7) is 0. The summed E-state index contributed by atoms with van der Waals surface area (Å²) in [6.07, 6.45) is 0. The Labute approximate surface area is 204 Å². The first-order valence-corrected chi connectivity index (χ1v) is 10.8. The lowest BCUT2D eigenvalue weighted by atomic mass is 9.94. The fourth-order valence-electron chi connectivity index (χ4n) is 3.88. The van der Waals surface area contributed by atoms with Crippen molar-refractivity contribution in [1.82, 2.24) is 0 Å². The lowest BCUT2D eigenvalue weighted by Crippen LogP contribution is -2.29. The lowest BCUT2D eigenvalue weighted by molar-refractivity contribution is -0.132. The quantitative estimate of drug-likeness (QED) is 0.272. The molecular weight excluding hydrogens is 484 g/mol. The number of halogens is 3. The monoisotopic (exact) mass is 501 g/mol. The molecule has 0 spiro atoms. The minimum Gasteiger partial charge on any atom is -0.507 e. The third kappa shape index (κ3) is 3.97. The molecule has 9 heteroatoms. The summed E-state index contributed by atoms with van der Waals surface area (Å²) in [4.78, 5) is 27.5. The van der Waals surface area contributed by atoms with Crippen LogP contribution >= 0.6 is 23.2 Å². The second-order valence-corrected chi connectivity index (χ2v) is 8.20. The molecule has 1 unspecified atom stereocenters. The van der Waals surface area contributed by atoms with Gasteiger partial charge >= 0.3 is 0 Å². The Morgan fingerprint density at radius 3 is 2.24 bits per heavy atom. The Hall–Kier alpha value is -3.55. The van der Waals surface area contributed by atoms with Crippen LogP contribution in [0.1, 0.15) is 17.2 Å². The number of aliphatic hydroxyl groups excluding tert-OH is 1. The Morgan fingerprint density at radius 2 is 1.62 bits per heavy atom. The van der Waals surface area contributed by atoms with E-state index in [9.17, 15) is 19.1 Å². The molecule has 3 aromatic rings. The molecule has 1 amide bonds. The number of methoxy groups -OCH3 is 2. The van der Waals surface area contributed by atoms with Crippen LogP contribution < -0.4 is 14.4 Å². The largest absolute Gasteiger partial charge is 0.507 e. The zero-order valence-electron chi connectivity index (χ0n) is 18.0. The number of amides is 1. The van der Waals surface area contributed by atoms with Crippen LogP contribution in [0.2, 0.25) is 10.0 Å². The van der Waals surface area contributed by atoms with E-state index in [1.54, 1.807) is 18.2 Å². The molecule has 34 heavy (non-hydrogen) atoms. The molecule has 1 saturated heterocycles. The zero-order chi connectivity index (χ0) is 24.6. The highest BCUT2D eigenvalue weighted by Gasteiger charge is 2.48. The first-order valence-electron chi connectivity index (χ1n) is 10.0. The van der Waals surface area contributed by atoms with Crippen molar-refractivity contribution in [2.75, 3.05) is 19.1 Å². The van der Waals surface area contributed by atoms with E-state index in [2.05, 4.69) is 0 Å². The number of hydrogen-bond donors (Lipinski definition) is 1. The van der Waals surface area contributed by atoms with E-state index < -0.39 is 29.3 Å². The molecule has 0 aliphatic carbocycles. The summed E-state index contributed by atoms with van der Waals surface area (Å²) in [5.41, 5.74) is 0.0736. The number of hydrogen-bond acceptors (Lipinski definition) is 5. The van der Waals surface area contributed by atoms with E-state index in [0.717, 1.165) is 4.90 Å². The summed E-state index contributed by atoms with van der Waals surface area (Å²) in [5.74, 6) is -2.80. The SMILES string of the molecule is COc1cc(/C(O)=C2\C(=O)C(=O)N(c3ccc(Cl)cc3)C2c2ccccc2F)c(OC)cc1Cl. The molecule has 1 atom stereocenters. The summed E-state index contributed by atoms with van der Waals surface area (Å²) in [7, 11) is 2.74. The van der Waals surface area contributed by atoms with Crippen molar-refractivity contribution in [2.45, 2.75) is 6.04 Å². The Kier molecular flexibility index (Phi) is 6.50. The molecule has 1 N–H and O–H groups in total. The molecule has 0 aromatic heterocycles. The van der Waals surface area contributed by atoms with Crippen molar-refractivity contribution in [2.24, 2.45) is 0 Å². The van der Waals surface area contributed by atoms with Gasteiger partial charge in [-0.2, -0.15) is 0 Å². The summed E-state index contributed by atoms with van der Waals surface area (Å²) < 4.78 is 25.5. The third-order valence-electron chi connectivity index (χ3n) is 5.48. The van der Waals surface area contributed by atoms with Gasteiger partial charge in [0.1, 0.15) is 23.1 Å². The zero-order valence-corrected chi connectivity index (χ0v) is 19.5. The van der Waals surface area contributed by atoms with Gasteiger partial charge in [-0.05, 0) is 36.4 Å². The normalized spacial score (nSPS) is 17.2. The third-order valence-corrected chi connectivity index (χ3v) is 6.03. The van der Waals surface area contributed by atoms with Gasteiger partial charge in [0.15, 0.2) is 0 Å². The van der Waals surface area contributed by atoms with Gasteiger partial charge in [0, 0.05) is 22.3 Å². The lowest BCUT2D eigenvalue weighted by Gasteiger charge is -2.26. The first-order chi connectivity index (χ1) is 16.3. The van der Waals surface area contributed by atoms with Crippen LogP contribution in [-0.4, -0.2) is 31.0 Å². The van der Waals surface area contributed by atoms with E-state index in [-0.39, 0.29) is 33.2 Å². The molecule has 0 saturated carbocycles. The molecule has 1 aliphatic rings. The highest BCUT2D eigenvalue weighted by molar-refractivity contribution is 6.51. The molecule has 1 heterocycles. The summed E-state index contributed by atoms with van der Waals surface area (Å²) in [5, 5.41) is 11.9. The van der Waals surface area contributed by atoms with Gasteiger partial charge in [0.2, 0.25) is 0 Å². The number of carbonyl (C=O) groups excluding carboxylic acids is 2.